The molecule has 4 N–H and O–H groups in total. The zero-order chi connectivity index (χ0) is 22.3. The first kappa shape index (κ1) is 21.4. The summed E-state index contributed by atoms with van der Waals surface area (Å²) in [6.45, 7) is 2.56. The van der Waals surface area contributed by atoms with E-state index < -0.39 is 5.91 Å². The van der Waals surface area contributed by atoms with Gasteiger partial charge in [0.2, 0.25) is 11.6 Å². The first-order chi connectivity index (χ1) is 15.7. The monoisotopic (exact) mass is 440 g/mol. The van der Waals surface area contributed by atoms with Gasteiger partial charge in [0.1, 0.15) is 18.0 Å². The molecule has 1 amide bonds. The van der Waals surface area contributed by atoms with E-state index in [0.29, 0.717) is 18.0 Å². The number of nitrogens with two attached hydrogens (primary N) is 1. The second-order valence-corrected chi connectivity index (χ2v) is 7.59. The molecule has 0 aliphatic carbocycles. The zero-order valence-corrected chi connectivity index (χ0v) is 17.8. The quantitative estimate of drug-likeness (QED) is 0.342. The number of nitrogens with zero attached hydrogens (tertiary/aromatic N) is 6. The molecule has 0 atom stereocenters. The van der Waals surface area contributed by atoms with E-state index in [1.54, 1.807) is 13.2 Å². The summed E-state index contributed by atoms with van der Waals surface area (Å²) in [5, 5.41) is 19.7. The molecule has 1 aliphatic heterocycles. The number of methoxy groups -OCH3 is 1. The molecule has 3 heterocycles. The summed E-state index contributed by atoms with van der Waals surface area (Å²) < 4.78 is 11.3. The topological polar surface area (TPSA) is 151 Å². The van der Waals surface area contributed by atoms with Gasteiger partial charge >= 0.3 is 0 Å². The van der Waals surface area contributed by atoms with E-state index in [1.807, 2.05) is 18.2 Å². The van der Waals surface area contributed by atoms with Crippen LogP contribution in [0.2, 0.25) is 0 Å². The van der Waals surface area contributed by atoms with Crippen LogP contribution < -0.4 is 20.8 Å². The second kappa shape index (κ2) is 10.0. The normalized spacial score (nSPS) is 15.0. The molecule has 0 unspecified atom stereocenters. The van der Waals surface area contributed by atoms with Crippen LogP contribution in [0.5, 0.6) is 5.75 Å². The minimum Gasteiger partial charge on any atom is -0.497 e. The van der Waals surface area contributed by atoms with Crippen molar-refractivity contribution in [1.82, 2.24) is 30.7 Å². The number of hydrazone groups is 1. The molecular formula is C20H26N9O3+. The van der Waals surface area contributed by atoms with Crippen LogP contribution in [0.1, 0.15) is 47.4 Å². The van der Waals surface area contributed by atoms with E-state index in [4.69, 9.17) is 15.1 Å². The summed E-state index contributed by atoms with van der Waals surface area (Å²) in [6.07, 6.45) is 6.24. The van der Waals surface area contributed by atoms with Crippen molar-refractivity contribution in [2.24, 2.45) is 5.10 Å². The number of anilines is 1. The van der Waals surface area contributed by atoms with Crippen LogP contribution in [0, 0.1) is 0 Å². The maximum Gasteiger partial charge on any atom is 0.294 e. The SMILES string of the molecule is COc1cccc(/C=N\NC(=O)c2nnn(-c3nonc3N)c2C[NH+]2CCCCCC2)c1. The molecule has 1 saturated heterocycles. The van der Waals surface area contributed by atoms with Crippen molar-refractivity contribution >= 4 is 17.9 Å². The highest BCUT2D eigenvalue weighted by molar-refractivity contribution is 5.94. The van der Waals surface area contributed by atoms with Crippen molar-refractivity contribution in [3.8, 4) is 11.6 Å². The summed E-state index contributed by atoms with van der Waals surface area (Å²) in [6, 6.07) is 7.32. The van der Waals surface area contributed by atoms with Crippen molar-refractivity contribution in [1.29, 1.82) is 0 Å². The third-order valence-electron chi connectivity index (χ3n) is 5.38. The lowest BCUT2D eigenvalue weighted by molar-refractivity contribution is -0.913. The van der Waals surface area contributed by atoms with Crippen LogP contribution in [0.15, 0.2) is 34.0 Å². The predicted octanol–water partition coefficient (Wildman–Crippen LogP) is -0.0361. The Kier molecular flexibility index (Phi) is 6.70. The Bertz CT molecular complexity index is 1080. The molecule has 1 aliphatic rings. The van der Waals surface area contributed by atoms with Gasteiger partial charge < -0.3 is 15.4 Å². The number of likely N-dealkylation sites (tertiary alicyclic amines) is 1. The van der Waals surface area contributed by atoms with Crippen LogP contribution in [-0.2, 0) is 6.54 Å². The number of nitrogens with one attached hydrogen (secondary N) is 2. The highest BCUT2D eigenvalue weighted by Gasteiger charge is 2.27. The number of amides is 1. The predicted molar refractivity (Wildman–Crippen MR) is 115 cm³/mol. The van der Waals surface area contributed by atoms with Crippen LogP contribution >= 0.6 is 0 Å². The van der Waals surface area contributed by atoms with E-state index in [-0.39, 0.29) is 17.3 Å². The van der Waals surface area contributed by atoms with Gasteiger partial charge in [-0.3, -0.25) is 4.79 Å². The maximum absolute atomic E-state index is 12.9. The number of rotatable bonds is 7. The van der Waals surface area contributed by atoms with Gasteiger partial charge in [0, 0.05) is 0 Å². The second-order valence-electron chi connectivity index (χ2n) is 7.59. The van der Waals surface area contributed by atoms with Gasteiger partial charge in [-0.15, -0.1) is 5.10 Å². The standard InChI is InChI=1S/C20H25N9O3/c1-31-15-8-6-7-14(11-15)12-22-24-20(30)17-16(13-28-9-4-2-3-5-10-28)29(27-23-17)19-18(21)25-32-26-19/h6-8,11-12H,2-5,9-10,13H2,1H3,(H2,21,25)(H,24,30)/p+1/b22-12-. The van der Waals surface area contributed by atoms with E-state index in [1.165, 1.54) is 28.6 Å². The minimum atomic E-state index is -0.477. The fraction of sp³-hybridized carbons (Fsp3) is 0.400. The average molecular weight is 440 g/mol. The molecule has 0 saturated carbocycles. The molecule has 32 heavy (non-hydrogen) atoms. The Labute approximate surface area is 184 Å². The lowest BCUT2D eigenvalue weighted by atomic mass is 10.2. The molecule has 12 nitrogen and oxygen atoms in total. The molecular weight excluding hydrogens is 414 g/mol. The number of carbonyl (C=O) groups is 1. The van der Waals surface area contributed by atoms with Crippen molar-refractivity contribution in [2.75, 3.05) is 25.9 Å². The molecule has 0 bridgehead atoms. The summed E-state index contributed by atoms with van der Waals surface area (Å²) in [7, 11) is 1.59. The van der Waals surface area contributed by atoms with Crippen LogP contribution in [-0.4, -0.2) is 57.6 Å². The summed E-state index contributed by atoms with van der Waals surface area (Å²) >= 11 is 0. The number of quaternary nitrogens is 1. The van der Waals surface area contributed by atoms with Crippen LogP contribution in [0.4, 0.5) is 5.82 Å². The molecule has 12 heteroatoms. The van der Waals surface area contributed by atoms with Crippen molar-refractivity contribution in [3.05, 3.63) is 41.2 Å². The summed E-state index contributed by atoms with van der Waals surface area (Å²) in [5.41, 5.74) is 9.90. The number of carbonyl (C=O) groups excluding carboxylic acids is 1. The summed E-state index contributed by atoms with van der Waals surface area (Å²) in [5.74, 6) is 0.505. The average Bonchev–Trinajstić information content (AvgIpc) is 3.31. The molecule has 2 aromatic heterocycles. The van der Waals surface area contributed by atoms with Gasteiger partial charge in [0.15, 0.2) is 5.69 Å². The molecule has 1 fully saturated rings. The fourth-order valence-corrected chi connectivity index (χ4v) is 3.73. The van der Waals surface area contributed by atoms with Gasteiger partial charge in [0.25, 0.3) is 5.91 Å². The smallest absolute Gasteiger partial charge is 0.294 e. The molecule has 168 valence electrons. The number of benzene rings is 1. The Balaban J connectivity index is 1.56. The third-order valence-corrected chi connectivity index (χ3v) is 5.38. The van der Waals surface area contributed by atoms with Gasteiger partial charge in [-0.25, -0.2) is 10.1 Å². The van der Waals surface area contributed by atoms with Crippen LogP contribution in [0.25, 0.3) is 5.82 Å². The Morgan fingerprint density at radius 1 is 1.31 bits per heavy atom. The lowest BCUT2D eigenvalue weighted by Gasteiger charge is -2.17. The largest absolute Gasteiger partial charge is 0.497 e. The molecule has 1 aromatic carbocycles. The highest BCUT2D eigenvalue weighted by Crippen LogP contribution is 2.16. The number of ether oxygens (including phenoxy) is 1. The number of hydrogen-bond donors (Lipinski definition) is 3. The van der Waals surface area contributed by atoms with Gasteiger partial charge in [-0.05, 0) is 53.7 Å². The summed E-state index contributed by atoms with van der Waals surface area (Å²) in [4.78, 5) is 14.2. The first-order valence-corrected chi connectivity index (χ1v) is 10.5. The van der Waals surface area contributed by atoms with Crippen molar-refractivity contribution < 1.29 is 19.1 Å². The minimum absolute atomic E-state index is 0.0741. The highest BCUT2D eigenvalue weighted by atomic mass is 16.6. The Morgan fingerprint density at radius 2 is 2.12 bits per heavy atom. The van der Waals surface area contributed by atoms with Crippen molar-refractivity contribution in [3.63, 3.8) is 0 Å². The third kappa shape index (κ3) is 4.91. The Hall–Kier alpha value is -3.80. The van der Waals surface area contributed by atoms with E-state index >= 15 is 0 Å². The first-order valence-electron chi connectivity index (χ1n) is 10.5. The number of hydrogen-bond acceptors (Lipinski definition) is 9. The van der Waals surface area contributed by atoms with Gasteiger partial charge in [-0.1, -0.05) is 17.3 Å². The number of nitrogen functional groups attached to an aromatic ring is 1. The van der Waals surface area contributed by atoms with Gasteiger partial charge in [-0.2, -0.15) is 9.78 Å². The lowest BCUT2D eigenvalue weighted by Crippen LogP contribution is -3.10. The molecule has 0 spiro atoms. The molecule has 3 aromatic rings. The fourth-order valence-electron chi connectivity index (χ4n) is 3.73. The zero-order valence-electron chi connectivity index (χ0n) is 17.8. The molecule has 0 radical (unpaired) electrons. The molecule has 4 rings (SSSR count). The van der Waals surface area contributed by atoms with E-state index in [2.05, 4.69) is 31.2 Å². The van der Waals surface area contributed by atoms with Crippen LogP contribution in [0.3, 0.4) is 0 Å². The van der Waals surface area contributed by atoms with E-state index in [0.717, 1.165) is 31.5 Å². The Morgan fingerprint density at radius 3 is 2.84 bits per heavy atom. The maximum atomic E-state index is 12.9. The van der Waals surface area contributed by atoms with Gasteiger partial charge in [0.05, 0.1) is 26.4 Å². The van der Waals surface area contributed by atoms with E-state index in [9.17, 15) is 4.79 Å². The number of aromatic nitrogens is 5. The van der Waals surface area contributed by atoms with Crippen molar-refractivity contribution in [2.45, 2.75) is 32.2 Å².